The maximum absolute atomic E-state index is 14.6. The lowest BCUT2D eigenvalue weighted by molar-refractivity contribution is -0.121. The van der Waals surface area contributed by atoms with Gasteiger partial charge in [0.25, 0.3) is 0 Å². The summed E-state index contributed by atoms with van der Waals surface area (Å²) in [6.07, 6.45) is 7.23. The number of aromatic nitrogens is 2. The van der Waals surface area contributed by atoms with Crippen molar-refractivity contribution in [3.8, 4) is 11.3 Å². The number of hydrogen-bond donors (Lipinski definition) is 2. The molecule has 2 aliphatic rings. The first-order valence-electron chi connectivity index (χ1n) is 11.4. The Morgan fingerprint density at radius 1 is 1.12 bits per heavy atom. The predicted molar refractivity (Wildman–Crippen MR) is 120 cm³/mol. The zero-order valence-corrected chi connectivity index (χ0v) is 18.0. The van der Waals surface area contributed by atoms with Gasteiger partial charge in [0, 0.05) is 17.2 Å². The normalized spacial score (nSPS) is 22.8. The van der Waals surface area contributed by atoms with Crippen LogP contribution >= 0.6 is 0 Å². The number of rotatable bonds is 6. The number of imidazole rings is 1. The molecule has 2 unspecified atom stereocenters. The van der Waals surface area contributed by atoms with Crippen LogP contribution in [-0.2, 0) is 11.2 Å². The third-order valence-electron chi connectivity index (χ3n) is 7.02. The second kappa shape index (κ2) is 8.87. The van der Waals surface area contributed by atoms with Gasteiger partial charge in [-0.15, -0.1) is 0 Å². The largest absolute Gasteiger partial charge is 0.393 e. The van der Waals surface area contributed by atoms with Crippen LogP contribution in [0.1, 0.15) is 49.3 Å². The van der Waals surface area contributed by atoms with Gasteiger partial charge >= 0.3 is 0 Å². The summed E-state index contributed by atoms with van der Waals surface area (Å²) in [7, 11) is 0. The Morgan fingerprint density at radius 2 is 1.91 bits per heavy atom. The molecule has 166 valence electrons. The molecule has 2 atom stereocenters. The Kier molecular flexibility index (Phi) is 5.79. The fraction of sp³-hybridized carbons (Fsp3) is 0.385. The molecule has 2 N–H and O–H groups in total. The van der Waals surface area contributed by atoms with Crippen LogP contribution in [0, 0.1) is 11.7 Å². The van der Waals surface area contributed by atoms with E-state index in [4.69, 9.17) is 0 Å². The van der Waals surface area contributed by atoms with Crippen molar-refractivity contribution >= 4 is 5.91 Å². The highest BCUT2D eigenvalue weighted by Gasteiger charge is 2.35. The van der Waals surface area contributed by atoms with Crippen LogP contribution < -0.4 is 5.32 Å². The number of fused-ring (bicyclic) bond motifs is 3. The van der Waals surface area contributed by atoms with Crippen molar-refractivity contribution < 1.29 is 14.3 Å². The predicted octanol–water partition coefficient (Wildman–Crippen LogP) is 4.26. The van der Waals surface area contributed by atoms with Gasteiger partial charge in [-0.2, -0.15) is 0 Å². The van der Waals surface area contributed by atoms with Crippen molar-refractivity contribution in [1.82, 2.24) is 14.9 Å². The molecule has 0 bridgehead atoms. The fourth-order valence-corrected chi connectivity index (χ4v) is 5.36. The third-order valence-corrected chi connectivity index (χ3v) is 7.02. The number of carbonyl (C=O) groups is 1. The maximum Gasteiger partial charge on any atom is 0.224 e. The quantitative estimate of drug-likeness (QED) is 0.610. The molecule has 2 aromatic carbocycles. The average molecular weight is 434 g/mol. The number of nitrogens with one attached hydrogen (secondary N) is 1. The number of aliphatic hydroxyl groups is 1. The summed E-state index contributed by atoms with van der Waals surface area (Å²) in [4.78, 5) is 16.6. The molecule has 1 saturated carbocycles. The van der Waals surface area contributed by atoms with Crippen LogP contribution in [0.2, 0.25) is 0 Å². The van der Waals surface area contributed by atoms with Crippen LogP contribution in [0.3, 0.4) is 0 Å². The van der Waals surface area contributed by atoms with Crippen LogP contribution in [-0.4, -0.2) is 32.7 Å². The molecule has 3 aromatic rings. The number of halogens is 1. The summed E-state index contributed by atoms with van der Waals surface area (Å²) >= 11 is 0. The Balaban J connectivity index is 1.17. The molecule has 2 heterocycles. The molecule has 6 heteroatoms. The Morgan fingerprint density at radius 3 is 2.69 bits per heavy atom. The molecule has 1 fully saturated rings. The highest BCUT2D eigenvalue weighted by molar-refractivity contribution is 5.78. The summed E-state index contributed by atoms with van der Waals surface area (Å²) in [5.74, 6) is -0.0285. The second-order valence-corrected chi connectivity index (χ2v) is 9.05. The van der Waals surface area contributed by atoms with Gasteiger partial charge in [0.05, 0.1) is 36.8 Å². The van der Waals surface area contributed by atoms with Gasteiger partial charge in [-0.1, -0.05) is 42.5 Å². The topological polar surface area (TPSA) is 67.2 Å². The molecule has 32 heavy (non-hydrogen) atoms. The summed E-state index contributed by atoms with van der Waals surface area (Å²) in [5, 5.41) is 14.2. The van der Waals surface area contributed by atoms with E-state index in [1.54, 1.807) is 18.6 Å². The molecular formula is C26H28FN3O2. The van der Waals surface area contributed by atoms with E-state index in [0.717, 1.165) is 42.5 Å². The first-order chi connectivity index (χ1) is 15.6. The summed E-state index contributed by atoms with van der Waals surface area (Å²) in [6, 6.07) is 14.8. The highest BCUT2D eigenvalue weighted by atomic mass is 19.1. The first-order valence-corrected chi connectivity index (χ1v) is 11.4. The van der Waals surface area contributed by atoms with E-state index in [2.05, 4.69) is 10.3 Å². The molecule has 0 radical (unpaired) electrons. The highest BCUT2D eigenvalue weighted by Crippen LogP contribution is 2.44. The van der Waals surface area contributed by atoms with Crippen molar-refractivity contribution in [1.29, 1.82) is 0 Å². The lowest BCUT2D eigenvalue weighted by Crippen LogP contribution is -2.40. The van der Waals surface area contributed by atoms with E-state index in [-0.39, 0.29) is 29.7 Å². The lowest BCUT2D eigenvalue weighted by Gasteiger charge is -2.33. The van der Waals surface area contributed by atoms with Crippen molar-refractivity contribution in [2.24, 2.45) is 5.92 Å². The standard InChI is InChI=1S/C26H28FN3O2/c27-21-8-4-7-20-23-15-28-16-30(23)22(26(20)21)14-24(31)18-9-11-19(12-10-18)29-25(32)13-17-5-2-1-3-6-17/h1-8,15-16,18-19,22,24,31H,9-14H2,(H,29,32). The molecule has 1 amide bonds. The van der Waals surface area contributed by atoms with Crippen LogP contribution in [0.4, 0.5) is 4.39 Å². The van der Waals surface area contributed by atoms with E-state index in [0.29, 0.717) is 18.4 Å². The zero-order valence-electron chi connectivity index (χ0n) is 18.0. The maximum atomic E-state index is 14.6. The number of benzene rings is 2. The number of hydrogen-bond acceptors (Lipinski definition) is 3. The van der Waals surface area contributed by atoms with Gasteiger partial charge in [0.2, 0.25) is 5.91 Å². The van der Waals surface area contributed by atoms with Gasteiger partial charge in [0.15, 0.2) is 0 Å². The van der Waals surface area contributed by atoms with Crippen molar-refractivity contribution in [2.75, 3.05) is 0 Å². The molecule has 1 aliphatic carbocycles. The monoisotopic (exact) mass is 433 g/mol. The average Bonchev–Trinajstić information content (AvgIpc) is 3.38. The third kappa shape index (κ3) is 4.07. The molecule has 5 rings (SSSR count). The molecule has 1 aromatic heterocycles. The molecule has 1 aliphatic heterocycles. The van der Waals surface area contributed by atoms with E-state index in [1.807, 2.05) is 41.0 Å². The SMILES string of the molecule is O=C(Cc1ccccc1)NC1CCC(C(O)CC2c3c(F)cccc3-c3cncn32)CC1. The lowest BCUT2D eigenvalue weighted by atomic mass is 9.80. The van der Waals surface area contributed by atoms with Crippen molar-refractivity contribution in [2.45, 2.75) is 56.7 Å². The number of nitrogens with zero attached hydrogens (tertiary/aromatic N) is 2. The van der Waals surface area contributed by atoms with Gasteiger partial charge in [0.1, 0.15) is 5.82 Å². The Hall–Kier alpha value is -2.99. The van der Waals surface area contributed by atoms with Gasteiger partial charge in [-0.05, 0) is 49.7 Å². The summed E-state index contributed by atoms with van der Waals surface area (Å²) in [6.45, 7) is 0. The number of aliphatic hydroxyl groups excluding tert-OH is 1. The molecule has 5 nitrogen and oxygen atoms in total. The van der Waals surface area contributed by atoms with E-state index < -0.39 is 6.10 Å². The smallest absolute Gasteiger partial charge is 0.224 e. The van der Waals surface area contributed by atoms with E-state index in [1.165, 1.54) is 6.07 Å². The van der Waals surface area contributed by atoms with Crippen LogP contribution in [0.5, 0.6) is 0 Å². The van der Waals surface area contributed by atoms with E-state index >= 15 is 0 Å². The van der Waals surface area contributed by atoms with Gasteiger partial charge in [-0.25, -0.2) is 9.37 Å². The van der Waals surface area contributed by atoms with Crippen molar-refractivity contribution in [3.63, 3.8) is 0 Å². The van der Waals surface area contributed by atoms with Crippen LogP contribution in [0.15, 0.2) is 61.1 Å². The van der Waals surface area contributed by atoms with E-state index in [9.17, 15) is 14.3 Å². The molecule has 0 saturated heterocycles. The zero-order chi connectivity index (χ0) is 22.1. The Bertz CT molecular complexity index is 1090. The molecular weight excluding hydrogens is 405 g/mol. The minimum absolute atomic E-state index is 0.0471. The van der Waals surface area contributed by atoms with Crippen molar-refractivity contribution in [3.05, 3.63) is 78.0 Å². The minimum Gasteiger partial charge on any atom is -0.393 e. The number of carbonyl (C=O) groups excluding carboxylic acids is 1. The fourth-order valence-electron chi connectivity index (χ4n) is 5.36. The molecule has 0 spiro atoms. The Labute approximate surface area is 187 Å². The number of amides is 1. The second-order valence-electron chi connectivity index (χ2n) is 9.05. The van der Waals surface area contributed by atoms with Crippen LogP contribution in [0.25, 0.3) is 11.3 Å². The summed E-state index contributed by atoms with van der Waals surface area (Å²) < 4.78 is 16.6. The van der Waals surface area contributed by atoms with Gasteiger partial charge in [-0.3, -0.25) is 4.79 Å². The summed E-state index contributed by atoms with van der Waals surface area (Å²) in [5.41, 5.74) is 3.44. The van der Waals surface area contributed by atoms with Gasteiger partial charge < -0.3 is 15.0 Å². The first kappa shape index (κ1) is 20.9. The minimum atomic E-state index is -0.526.